The smallest absolute Gasteiger partial charge is 0.0402 e. The normalized spacial score (nSPS) is 13.9. The van der Waals surface area contributed by atoms with Gasteiger partial charge in [-0.3, -0.25) is 4.70 Å². The summed E-state index contributed by atoms with van der Waals surface area (Å²) in [5, 5.41) is 0. The van der Waals surface area contributed by atoms with Crippen LogP contribution in [-0.4, -0.2) is 13.1 Å². The average Bonchev–Trinajstić information content (AvgIpc) is 2.57. The van der Waals surface area contributed by atoms with E-state index in [1.165, 1.54) is 42.7 Å². The molecule has 0 fully saturated rings. The van der Waals surface area contributed by atoms with E-state index in [4.69, 9.17) is 0 Å². The Bertz CT molecular complexity index is 347. The SMILES string of the molecule is Cc1ccc2c(c1)N(CCC(C)C)CC2.F. The molecule has 0 radical (unpaired) electrons. The fraction of sp³-hybridized carbons (Fsp3) is 0.571. The molecule has 0 saturated carbocycles. The standard InChI is InChI=1S/C14H21N.FH/c1-11(2)6-8-15-9-7-13-5-4-12(3)10-14(13)15;/h4-5,10-11H,6-9H2,1-3H3;1H. The largest absolute Gasteiger partial charge is 0.371 e. The zero-order chi connectivity index (χ0) is 10.8. The summed E-state index contributed by atoms with van der Waals surface area (Å²) in [6, 6.07) is 6.85. The van der Waals surface area contributed by atoms with Crippen molar-refractivity contribution in [3.8, 4) is 0 Å². The highest BCUT2D eigenvalue weighted by molar-refractivity contribution is 5.59. The molecule has 0 unspecified atom stereocenters. The highest BCUT2D eigenvalue weighted by Gasteiger charge is 2.18. The summed E-state index contributed by atoms with van der Waals surface area (Å²) in [5.41, 5.74) is 4.39. The second kappa shape index (κ2) is 5.33. The number of fused-ring (bicyclic) bond motifs is 1. The lowest BCUT2D eigenvalue weighted by molar-refractivity contribution is 0.578. The predicted octanol–water partition coefficient (Wildman–Crippen LogP) is 3.56. The Balaban J connectivity index is 0.00000128. The highest BCUT2D eigenvalue weighted by Crippen LogP contribution is 2.29. The summed E-state index contributed by atoms with van der Waals surface area (Å²) in [5.74, 6) is 0.804. The molecule has 1 aliphatic rings. The monoisotopic (exact) mass is 223 g/mol. The third-order valence-corrected chi connectivity index (χ3v) is 3.21. The third-order valence-electron chi connectivity index (χ3n) is 3.21. The first-order chi connectivity index (χ1) is 7.16. The van der Waals surface area contributed by atoms with E-state index in [-0.39, 0.29) is 4.70 Å². The molecule has 0 spiro atoms. The minimum absolute atomic E-state index is 0. The fourth-order valence-electron chi connectivity index (χ4n) is 2.20. The maximum absolute atomic E-state index is 2.54. The Morgan fingerprint density at radius 1 is 1.31 bits per heavy atom. The van der Waals surface area contributed by atoms with Crippen LogP contribution in [0.1, 0.15) is 31.4 Å². The summed E-state index contributed by atoms with van der Waals surface area (Å²) >= 11 is 0. The van der Waals surface area contributed by atoms with Crippen molar-refractivity contribution in [2.24, 2.45) is 5.92 Å². The Kier molecular flexibility index (Phi) is 4.34. The van der Waals surface area contributed by atoms with Crippen molar-refractivity contribution in [1.29, 1.82) is 0 Å². The van der Waals surface area contributed by atoms with Crippen molar-refractivity contribution in [3.05, 3.63) is 29.3 Å². The Labute approximate surface area is 97.8 Å². The molecule has 0 aromatic heterocycles. The number of anilines is 1. The van der Waals surface area contributed by atoms with Crippen LogP contribution in [0.2, 0.25) is 0 Å². The Hall–Kier alpha value is -1.05. The van der Waals surface area contributed by atoms with Crippen LogP contribution in [0.5, 0.6) is 0 Å². The fourth-order valence-corrected chi connectivity index (χ4v) is 2.20. The van der Waals surface area contributed by atoms with Crippen molar-refractivity contribution >= 4 is 5.69 Å². The molecule has 1 aliphatic heterocycles. The lowest BCUT2D eigenvalue weighted by Crippen LogP contribution is -2.22. The average molecular weight is 223 g/mol. The summed E-state index contributed by atoms with van der Waals surface area (Å²) in [4.78, 5) is 2.54. The number of nitrogens with zero attached hydrogens (tertiary/aromatic N) is 1. The van der Waals surface area contributed by atoms with Crippen LogP contribution in [0.15, 0.2) is 18.2 Å². The quantitative estimate of drug-likeness (QED) is 0.757. The highest BCUT2D eigenvalue weighted by atomic mass is 19.0. The molecule has 90 valence electrons. The Morgan fingerprint density at radius 3 is 2.75 bits per heavy atom. The second-order valence-corrected chi connectivity index (χ2v) is 5.05. The lowest BCUT2D eigenvalue weighted by atomic mass is 10.1. The molecule has 0 N–H and O–H groups in total. The van der Waals surface area contributed by atoms with Gasteiger partial charge in [0, 0.05) is 18.8 Å². The molecule has 2 heteroatoms. The van der Waals surface area contributed by atoms with Crippen molar-refractivity contribution in [2.45, 2.75) is 33.6 Å². The van der Waals surface area contributed by atoms with Crippen LogP contribution in [0.25, 0.3) is 0 Å². The second-order valence-electron chi connectivity index (χ2n) is 5.05. The van der Waals surface area contributed by atoms with Crippen molar-refractivity contribution in [2.75, 3.05) is 18.0 Å². The van der Waals surface area contributed by atoms with Gasteiger partial charge in [-0.05, 0) is 42.9 Å². The summed E-state index contributed by atoms with van der Waals surface area (Å²) in [7, 11) is 0. The van der Waals surface area contributed by atoms with Crippen LogP contribution in [0.3, 0.4) is 0 Å². The van der Waals surface area contributed by atoms with Crippen LogP contribution < -0.4 is 4.90 Å². The van der Waals surface area contributed by atoms with E-state index in [0.29, 0.717) is 0 Å². The van der Waals surface area contributed by atoms with Gasteiger partial charge < -0.3 is 4.90 Å². The zero-order valence-corrected chi connectivity index (χ0v) is 10.5. The summed E-state index contributed by atoms with van der Waals surface area (Å²) in [6.45, 7) is 9.21. The van der Waals surface area contributed by atoms with Crippen LogP contribution in [0.4, 0.5) is 10.4 Å². The van der Waals surface area contributed by atoms with E-state index in [1.54, 1.807) is 0 Å². The zero-order valence-electron chi connectivity index (χ0n) is 10.5. The van der Waals surface area contributed by atoms with Crippen LogP contribution in [-0.2, 0) is 6.42 Å². The van der Waals surface area contributed by atoms with Crippen molar-refractivity contribution in [3.63, 3.8) is 0 Å². The van der Waals surface area contributed by atoms with Gasteiger partial charge in [-0.15, -0.1) is 0 Å². The van der Waals surface area contributed by atoms with Gasteiger partial charge in [0.15, 0.2) is 0 Å². The van der Waals surface area contributed by atoms with Gasteiger partial charge in [0.25, 0.3) is 0 Å². The molecule has 1 aromatic rings. The molecule has 2 rings (SSSR count). The molecule has 0 saturated heterocycles. The molecule has 0 aliphatic carbocycles. The lowest BCUT2D eigenvalue weighted by Gasteiger charge is -2.20. The van der Waals surface area contributed by atoms with Gasteiger partial charge >= 0.3 is 0 Å². The summed E-state index contributed by atoms with van der Waals surface area (Å²) < 4.78 is 0. The van der Waals surface area contributed by atoms with Crippen LogP contribution >= 0.6 is 0 Å². The first-order valence-corrected chi connectivity index (χ1v) is 6.01. The van der Waals surface area contributed by atoms with Crippen molar-refractivity contribution < 1.29 is 4.70 Å². The minimum atomic E-state index is 0. The van der Waals surface area contributed by atoms with E-state index in [1.807, 2.05) is 0 Å². The molecule has 0 amide bonds. The third kappa shape index (κ3) is 2.75. The van der Waals surface area contributed by atoms with E-state index >= 15 is 0 Å². The number of benzene rings is 1. The van der Waals surface area contributed by atoms with Crippen LogP contribution in [0, 0.1) is 12.8 Å². The molecule has 0 bridgehead atoms. The number of halogens is 1. The minimum Gasteiger partial charge on any atom is -0.371 e. The number of hydrogen-bond donors (Lipinski definition) is 0. The van der Waals surface area contributed by atoms with E-state index in [2.05, 4.69) is 43.9 Å². The molecule has 0 atom stereocenters. The molecular weight excluding hydrogens is 201 g/mol. The van der Waals surface area contributed by atoms with Gasteiger partial charge in [-0.2, -0.15) is 0 Å². The first kappa shape index (κ1) is 13.0. The van der Waals surface area contributed by atoms with E-state index < -0.39 is 0 Å². The number of aryl methyl sites for hydroxylation is 1. The number of hydrogen-bond acceptors (Lipinski definition) is 1. The van der Waals surface area contributed by atoms with Crippen molar-refractivity contribution in [1.82, 2.24) is 0 Å². The molecule has 1 heterocycles. The molecule has 1 aromatic carbocycles. The predicted molar refractivity (Wildman–Crippen MR) is 69.1 cm³/mol. The summed E-state index contributed by atoms with van der Waals surface area (Å²) in [6.07, 6.45) is 2.53. The van der Waals surface area contributed by atoms with E-state index in [0.717, 1.165) is 5.92 Å². The maximum Gasteiger partial charge on any atom is 0.0402 e. The maximum atomic E-state index is 2.54. The number of rotatable bonds is 3. The van der Waals surface area contributed by atoms with Gasteiger partial charge in [-0.1, -0.05) is 26.0 Å². The van der Waals surface area contributed by atoms with Gasteiger partial charge in [0.1, 0.15) is 0 Å². The molecule has 1 nitrogen and oxygen atoms in total. The molecule has 16 heavy (non-hydrogen) atoms. The van der Waals surface area contributed by atoms with E-state index in [9.17, 15) is 0 Å². The van der Waals surface area contributed by atoms with Gasteiger partial charge in [0.2, 0.25) is 0 Å². The van der Waals surface area contributed by atoms with Gasteiger partial charge in [0.05, 0.1) is 0 Å². The molecular formula is C14H22FN. The topological polar surface area (TPSA) is 3.24 Å². The first-order valence-electron chi connectivity index (χ1n) is 6.01. The Morgan fingerprint density at radius 2 is 2.06 bits per heavy atom. The van der Waals surface area contributed by atoms with Gasteiger partial charge in [-0.25, -0.2) is 0 Å².